The molecule has 76 valence electrons. The van der Waals surface area contributed by atoms with Gasteiger partial charge in [0.25, 0.3) is 0 Å². The van der Waals surface area contributed by atoms with Gasteiger partial charge in [-0.3, -0.25) is 4.98 Å². The van der Waals surface area contributed by atoms with Crippen molar-refractivity contribution in [3.8, 4) is 0 Å². The van der Waals surface area contributed by atoms with Crippen LogP contribution in [0.1, 0.15) is 15.9 Å². The number of benzene rings is 1. The van der Waals surface area contributed by atoms with Crippen LogP contribution < -0.4 is 0 Å². The lowest BCUT2D eigenvalue weighted by atomic mass is 10.1. The molecule has 0 radical (unpaired) electrons. The number of nitrogens with zero attached hydrogens (tertiary/aromatic N) is 1. The van der Waals surface area contributed by atoms with Crippen LogP contribution >= 0.6 is 11.6 Å². The molecule has 2 aromatic rings. The molecule has 1 aromatic carbocycles. The van der Waals surface area contributed by atoms with Gasteiger partial charge in [-0.1, -0.05) is 11.6 Å². The molecule has 0 amide bonds. The Morgan fingerprint density at radius 3 is 2.80 bits per heavy atom. The molecule has 4 heteroatoms. The van der Waals surface area contributed by atoms with E-state index in [4.69, 9.17) is 16.7 Å². The van der Waals surface area contributed by atoms with Gasteiger partial charge in [0, 0.05) is 11.6 Å². The average Bonchev–Trinajstić information content (AvgIpc) is 2.16. The number of aromatic nitrogens is 1. The van der Waals surface area contributed by atoms with Crippen LogP contribution in [-0.2, 0) is 0 Å². The zero-order valence-corrected chi connectivity index (χ0v) is 8.75. The summed E-state index contributed by atoms with van der Waals surface area (Å²) < 4.78 is 0. The number of aromatic carboxylic acids is 1. The number of pyridine rings is 1. The normalized spacial score (nSPS) is 10.5. The van der Waals surface area contributed by atoms with E-state index in [1.165, 1.54) is 6.20 Å². The first-order valence-corrected chi connectivity index (χ1v) is 4.75. The van der Waals surface area contributed by atoms with E-state index in [2.05, 4.69) is 4.98 Å². The molecule has 0 saturated carbocycles. The Hall–Kier alpha value is -1.61. The standard InChI is InChI=1S/C11H8ClNO2/c1-6-2-7-4-8(11(14)15)5-13-10(7)9(12)3-6/h2-5H,1H3,(H,14,15). The van der Waals surface area contributed by atoms with Gasteiger partial charge in [-0.25, -0.2) is 4.79 Å². The lowest BCUT2D eigenvalue weighted by Gasteiger charge is -2.02. The fraction of sp³-hybridized carbons (Fsp3) is 0.0909. The molecular formula is C11H8ClNO2. The molecule has 1 heterocycles. The van der Waals surface area contributed by atoms with Gasteiger partial charge in [0.2, 0.25) is 0 Å². The number of rotatable bonds is 1. The maximum atomic E-state index is 10.7. The van der Waals surface area contributed by atoms with Gasteiger partial charge in [0.05, 0.1) is 16.1 Å². The lowest BCUT2D eigenvalue weighted by Crippen LogP contribution is -1.97. The number of carboxylic acid groups (broad SMARTS) is 1. The Morgan fingerprint density at radius 2 is 2.13 bits per heavy atom. The van der Waals surface area contributed by atoms with Crippen LogP contribution in [0.3, 0.4) is 0 Å². The Balaban J connectivity index is 2.76. The first-order valence-electron chi connectivity index (χ1n) is 4.37. The third-order valence-corrected chi connectivity index (χ3v) is 2.42. The highest BCUT2D eigenvalue weighted by molar-refractivity contribution is 6.35. The number of carbonyl (C=O) groups is 1. The fourth-order valence-electron chi connectivity index (χ4n) is 1.46. The third-order valence-electron chi connectivity index (χ3n) is 2.13. The minimum atomic E-state index is -0.984. The van der Waals surface area contributed by atoms with Crippen LogP contribution in [0.25, 0.3) is 10.9 Å². The first-order chi connectivity index (χ1) is 7.08. The SMILES string of the molecule is Cc1cc(Cl)c2ncc(C(=O)O)cc2c1. The number of carboxylic acids is 1. The quantitative estimate of drug-likeness (QED) is 0.806. The molecule has 0 bridgehead atoms. The second-order valence-electron chi connectivity index (χ2n) is 3.35. The molecule has 0 atom stereocenters. The summed E-state index contributed by atoms with van der Waals surface area (Å²) in [5.74, 6) is -0.984. The van der Waals surface area contributed by atoms with Crippen molar-refractivity contribution in [3.05, 3.63) is 40.5 Å². The van der Waals surface area contributed by atoms with Crippen molar-refractivity contribution in [1.29, 1.82) is 0 Å². The molecule has 1 N–H and O–H groups in total. The van der Waals surface area contributed by atoms with Crippen LogP contribution in [0.5, 0.6) is 0 Å². The smallest absolute Gasteiger partial charge is 0.337 e. The van der Waals surface area contributed by atoms with Gasteiger partial charge >= 0.3 is 5.97 Å². The van der Waals surface area contributed by atoms with Crippen molar-refractivity contribution >= 4 is 28.5 Å². The number of aryl methyl sites for hydroxylation is 1. The second kappa shape index (κ2) is 3.51. The fourth-order valence-corrected chi connectivity index (χ4v) is 1.79. The first kappa shape index (κ1) is 9.93. The van der Waals surface area contributed by atoms with E-state index in [-0.39, 0.29) is 5.56 Å². The predicted molar refractivity (Wildman–Crippen MR) is 58.4 cm³/mol. The van der Waals surface area contributed by atoms with Crippen LogP contribution in [0.4, 0.5) is 0 Å². The van der Waals surface area contributed by atoms with Crippen molar-refractivity contribution in [2.45, 2.75) is 6.92 Å². The van der Waals surface area contributed by atoms with E-state index in [1.54, 1.807) is 12.1 Å². The Bertz CT molecular complexity index is 552. The van der Waals surface area contributed by atoms with Gasteiger partial charge < -0.3 is 5.11 Å². The van der Waals surface area contributed by atoms with E-state index in [0.717, 1.165) is 10.9 Å². The van der Waals surface area contributed by atoms with E-state index in [9.17, 15) is 4.79 Å². The van der Waals surface area contributed by atoms with E-state index >= 15 is 0 Å². The highest BCUT2D eigenvalue weighted by Gasteiger charge is 2.07. The van der Waals surface area contributed by atoms with Gasteiger partial charge in [0.1, 0.15) is 0 Å². The molecule has 15 heavy (non-hydrogen) atoms. The summed E-state index contributed by atoms with van der Waals surface area (Å²) in [4.78, 5) is 14.8. The Labute approximate surface area is 91.3 Å². The molecule has 0 fully saturated rings. The predicted octanol–water partition coefficient (Wildman–Crippen LogP) is 2.89. The summed E-state index contributed by atoms with van der Waals surface area (Å²) >= 11 is 5.98. The topological polar surface area (TPSA) is 50.2 Å². The summed E-state index contributed by atoms with van der Waals surface area (Å²) in [6, 6.07) is 5.24. The van der Waals surface area contributed by atoms with E-state index in [1.807, 2.05) is 13.0 Å². The van der Waals surface area contributed by atoms with Crippen LogP contribution in [0.2, 0.25) is 5.02 Å². The third kappa shape index (κ3) is 1.78. The maximum Gasteiger partial charge on any atom is 0.337 e. The van der Waals surface area contributed by atoms with Crippen molar-refractivity contribution < 1.29 is 9.90 Å². The summed E-state index contributed by atoms with van der Waals surface area (Å²) in [7, 11) is 0. The van der Waals surface area contributed by atoms with Gasteiger partial charge in [0.15, 0.2) is 0 Å². The second-order valence-corrected chi connectivity index (χ2v) is 3.75. The Morgan fingerprint density at radius 1 is 1.40 bits per heavy atom. The van der Waals surface area contributed by atoms with E-state index in [0.29, 0.717) is 10.5 Å². The highest BCUT2D eigenvalue weighted by atomic mass is 35.5. The van der Waals surface area contributed by atoms with E-state index < -0.39 is 5.97 Å². The van der Waals surface area contributed by atoms with Gasteiger partial charge in [-0.15, -0.1) is 0 Å². The van der Waals surface area contributed by atoms with Crippen LogP contribution in [0, 0.1) is 6.92 Å². The number of halogens is 1. The van der Waals surface area contributed by atoms with Crippen LogP contribution in [0.15, 0.2) is 24.4 Å². The van der Waals surface area contributed by atoms with Gasteiger partial charge in [-0.2, -0.15) is 0 Å². The van der Waals surface area contributed by atoms with Gasteiger partial charge in [-0.05, 0) is 30.7 Å². The molecule has 0 aliphatic heterocycles. The summed E-state index contributed by atoms with van der Waals surface area (Å²) in [5.41, 5.74) is 1.79. The molecule has 0 spiro atoms. The molecule has 0 unspecified atom stereocenters. The number of fused-ring (bicyclic) bond motifs is 1. The highest BCUT2D eigenvalue weighted by Crippen LogP contribution is 2.23. The van der Waals surface area contributed by atoms with Crippen molar-refractivity contribution in [1.82, 2.24) is 4.98 Å². The number of hydrogen-bond acceptors (Lipinski definition) is 2. The minimum absolute atomic E-state index is 0.171. The zero-order chi connectivity index (χ0) is 11.0. The van der Waals surface area contributed by atoms with Crippen LogP contribution in [-0.4, -0.2) is 16.1 Å². The molecule has 0 aliphatic rings. The molecule has 1 aromatic heterocycles. The zero-order valence-electron chi connectivity index (χ0n) is 7.99. The minimum Gasteiger partial charge on any atom is -0.478 e. The molecule has 2 rings (SSSR count). The largest absolute Gasteiger partial charge is 0.478 e. The van der Waals surface area contributed by atoms with Crippen molar-refractivity contribution in [3.63, 3.8) is 0 Å². The summed E-state index contributed by atoms with van der Waals surface area (Å²) in [5, 5.41) is 10.1. The lowest BCUT2D eigenvalue weighted by molar-refractivity contribution is 0.0696. The molecular weight excluding hydrogens is 214 g/mol. The average molecular weight is 222 g/mol. The molecule has 0 saturated heterocycles. The molecule has 0 aliphatic carbocycles. The Kier molecular flexibility index (Phi) is 2.32. The van der Waals surface area contributed by atoms with Crippen molar-refractivity contribution in [2.75, 3.05) is 0 Å². The summed E-state index contributed by atoms with van der Waals surface area (Å²) in [6.07, 6.45) is 1.31. The monoisotopic (exact) mass is 221 g/mol. The molecule has 3 nitrogen and oxygen atoms in total. The summed E-state index contributed by atoms with van der Waals surface area (Å²) in [6.45, 7) is 1.90. The maximum absolute atomic E-state index is 10.7. The number of hydrogen-bond donors (Lipinski definition) is 1. The van der Waals surface area contributed by atoms with Crippen molar-refractivity contribution in [2.24, 2.45) is 0 Å².